The maximum atomic E-state index is 11.3. The molecule has 0 aromatic rings. The van der Waals surface area contributed by atoms with E-state index in [0.29, 0.717) is 12.2 Å². The summed E-state index contributed by atoms with van der Waals surface area (Å²) >= 11 is 0. The molecule has 0 radical (unpaired) electrons. The van der Waals surface area contributed by atoms with Crippen molar-refractivity contribution in [3.8, 4) is 0 Å². The van der Waals surface area contributed by atoms with Gasteiger partial charge < -0.3 is 9.64 Å². The molecule has 23 heavy (non-hydrogen) atoms. The van der Waals surface area contributed by atoms with Gasteiger partial charge in [-0.1, -0.05) is 53.0 Å². The van der Waals surface area contributed by atoms with Crippen LogP contribution < -0.4 is 0 Å². The Bertz CT molecular complexity index is 309. The molecule has 1 atom stereocenters. The van der Waals surface area contributed by atoms with Crippen LogP contribution in [0.25, 0.3) is 0 Å². The van der Waals surface area contributed by atoms with Gasteiger partial charge in [-0.3, -0.25) is 0 Å². The third-order valence-electron chi connectivity index (χ3n) is 4.19. The molecular weight excluding hydrogens is 286 g/mol. The lowest BCUT2D eigenvalue weighted by atomic mass is 10.0. The maximum Gasteiger partial charge on any atom is 0.333 e. The van der Waals surface area contributed by atoms with Gasteiger partial charge in [0.15, 0.2) is 0 Å². The summed E-state index contributed by atoms with van der Waals surface area (Å²) < 4.78 is 5.15. The zero-order valence-corrected chi connectivity index (χ0v) is 16.0. The minimum Gasteiger partial charge on any atom is -0.462 e. The minimum atomic E-state index is -0.261. The van der Waals surface area contributed by atoms with Crippen molar-refractivity contribution < 1.29 is 9.53 Å². The third-order valence-corrected chi connectivity index (χ3v) is 4.19. The molecule has 0 amide bonds. The average molecular weight is 326 g/mol. The molecule has 0 heterocycles. The monoisotopic (exact) mass is 325 g/mol. The number of rotatable bonds is 15. The molecule has 0 aliphatic rings. The molecule has 0 spiro atoms. The fourth-order valence-electron chi connectivity index (χ4n) is 2.95. The zero-order valence-electron chi connectivity index (χ0n) is 16.0. The van der Waals surface area contributed by atoms with Gasteiger partial charge in [0, 0.05) is 11.6 Å². The van der Waals surface area contributed by atoms with Crippen molar-refractivity contribution in [1.82, 2.24) is 4.90 Å². The molecule has 0 bridgehead atoms. The summed E-state index contributed by atoms with van der Waals surface area (Å²) in [5, 5.41) is 0. The van der Waals surface area contributed by atoms with Gasteiger partial charge in [0.25, 0.3) is 0 Å². The van der Waals surface area contributed by atoms with Crippen molar-refractivity contribution in [3.63, 3.8) is 0 Å². The number of esters is 1. The highest BCUT2D eigenvalue weighted by Gasteiger charge is 2.16. The molecule has 136 valence electrons. The zero-order chi connectivity index (χ0) is 17.5. The number of carbonyl (C=O) groups excluding carboxylic acids is 1. The van der Waals surface area contributed by atoms with Crippen molar-refractivity contribution in [2.24, 2.45) is 0 Å². The second-order valence-electron chi connectivity index (χ2n) is 6.60. The summed E-state index contributed by atoms with van der Waals surface area (Å²) in [6.07, 6.45) is 11.0. The van der Waals surface area contributed by atoms with Crippen molar-refractivity contribution in [2.75, 3.05) is 19.7 Å². The number of hydrogen-bond acceptors (Lipinski definition) is 3. The molecule has 0 saturated carbocycles. The Balaban J connectivity index is 4.08. The topological polar surface area (TPSA) is 29.5 Å². The highest BCUT2D eigenvalue weighted by molar-refractivity contribution is 5.86. The first-order valence-electron chi connectivity index (χ1n) is 9.63. The molecule has 3 nitrogen and oxygen atoms in total. The van der Waals surface area contributed by atoms with Gasteiger partial charge in [-0.15, -0.1) is 0 Å². The first-order chi connectivity index (χ1) is 11.1. The van der Waals surface area contributed by atoms with Crippen LogP contribution in [0.3, 0.4) is 0 Å². The van der Waals surface area contributed by atoms with Gasteiger partial charge in [0.05, 0.1) is 6.61 Å². The number of carbonyl (C=O) groups is 1. The van der Waals surface area contributed by atoms with E-state index >= 15 is 0 Å². The number of unbranched alkanes of at least 4 members (excludes halogenated alkanes) is 3. The van der Waals surface area contributed by atoms with Crippen molar-refractivity contribution in [2.45, 2.75) is 91.5 Å². The maximum absolute atomic E-state index is 11.3. The normalized spacial score (nSPS) is 12.4. The summed E-state index contributed by atoms with van der Waals surface area (Å²) in [6.45, 7) is 15.1. The predicted molar refractivity (Wildman–Crippen MR) is 99.7 cm³/mol. The van der Waals surface area contributed by atoms with Crippen LogP contribution in [-0.2, 0) is 9.53 Å². The highest BCUT2D eigenvalue weighted by atomic mass is 16.5. The molecule has 0 fully saturated rings. The van der Waals surface area contributed by atoms with Gasteiger partial charge in [-0.25, -0.2) is 4.79 Å². The van der Waals surface area contributed by atoms with Crippen LogP contribution in [0.4, 0.5) is 0 Å². The summed E-state index contributed by atoms with van der Waals surface area (Å²) in [4.78, 5) is 14.0. The van der Waals surface area contributed by atoms with Crippen LogP contribution in [0, 0.1) is 0 Å². The molecule has 0 aliphatic carbocycles. The minimum absolute atomic E-state index is 0.261. The summed E-state index contributed by atoms with van der Waals surface area (Å²) in [7, 11) is 0. The van der Waals surface area contributed by atoms with Crippen LogP contribution in [0.1, 0.15) is 85.5 Å². The second kappa shape index (κ2) is 14.7. The first-order valence-corrected chi connectivity index (χ1v) is 9.63. The van der Waals surface area contributed by atoms with Gasteiger partial charge >= 0.3 is 5.97 Å². The smallest absolute Gasteiger partial charge is 0.333 e. The second-order valence-corrected chi connectivity index (χ2v) is 6.60. The molecule has 0 aliphatic heterocycles. The molecule has 0 aromatic carbocycles. The van der Waals surface area contributed by atoms with Gasteiger partial charge in [0.2, 0.25) is 0 Å². The van der Waals surface area contributed by atoms with Crippen molar-refractivity contribution in [1.29, 1.82) is 0 Å². The lowest BCUT2D eigenvalue weighted by Gasteiger charge is -2.31. The van der Waals surface area contributed by atoms with Crippen LogP contribution in [0.15, 0.2) is 12.2 Å². The van der Waals surface area contributed by atoms with E-state index < -0.39 is 0 Å². The van der Waals surface area contributed by atoms with Crippen LogP contribution in [-0.4, -0.2) is 36.6 Å². The van der Waals surface area contributed by atoms with Crippen LogP contribution in [0.2, 0.25) is 0 Å². The fourth-order valence-corrected chi connectivity index (χ4v) is 2.95. The first kappa shape index (κ1) is 22.2. The van der Waals surface area contributed by atoms with E-state index in [4.69, 9.17) is 4.74 Å². The van der Waals surface area contributed by atoms with Gasteiger partial charge in [-0.2, -0.15) is 0 Å². The van der Waals surface area contributed by atoms with Crippen LogP contribution >= 0.6 is 0 Å². The fraction of sp³-hybridized carbons (Fsp3) is 0.850. The Morgan fingerprint density at radius 3 is 2.09 bits per heavy atom. The van der Waals surface area contributed by atoms with E-state index in [2.05, 4.69) is 32.3 Å². The largest absolute Gasteiger partial charge is 0.462 e. The van der Waals surface area contributed by atoms with Crippen molar-refractivity contribution >= 4 is 5.97 Å². The molecule has 0 saturated heterocycles. The molecule has 0 aromatic heterocycles. The number of hydrogen-bond donors (Lipinski definition) is 0. The Morgan fingerprint density at radius 1 is 0.957 bits per heavy atom. The highest BCUT2D eigenvalue weighted by Crippen LogP contribution is 2.17. The van der Waals surface area contributed by atoms with E-state index in [-0.39, 0.29) is 5.97 Å². The molecule has 3 heteroatoms. The van der Waals surface area contributed by atoms with Crippen molar-refractivity contribution in [3.05, 3.63) is 12.2 Å². The lowest BCUT2D eigenvalue weighted by Crippen LogP contribution is -2.36. The van der Waals surface area contributed by atoms with E-state index in [1.165, 1.54) is 58.0 Å². The SMILES string of the molecule is C=C(C)C(=O)OCCCCCC(CCCC)N(CCC)CCC. The number of nitrogens with zero attached hydrogens (tertiary/aromatic N) is 1. The Labute approximate surface area is 144 Å². The standard InChI is InChI=1S/C20H39NO2/c1-6-9-13-19(21(15-7-2)16-8-3)14-11-10-12-17-23-20(22)18(4)5/h19H,4,6-17H2,1-3,5H3. The van der Waals surface area contributed by atoms with Gasteiger partial charge in [0.1, 0.15) is 0 Å². The third kappa shape index (κ3) is 11.4. The van der Waals surface area contributed by atoms with E-state index in [9.17, 15) is 4.79 Å². The predicted octanol–water partition coefficient (Wildman–Crippen LogP) is 5.35. The summed E-state index contributed by atoms with van der Waals surface area (Å²) in [6, 6.07) is 0.729. The lowest BCUT2D eigenvalue weighted by molar-refractivity contribution is -0.139. The Kier molecular flexibility index (Phi) is 14.2. The molecular formula is C20H39NO2. The summed E-state index contributed by atoms with van der Waals surface area (Å²) in [5.41, 5.74) is 0.486. The van der Waals surface area contributed by atoms with E-state index in [1.54, 1.807) is 6.92 Å². The van der Waals surface area contributed by atoms with E-state index in [0.717, 1.165) is 18.9 Å². The van der Waals surface area contributed by atoms with Gasteiger partial charge in [-0.05, 0) is 52.1 Å². The molecule has 1 unspecified atom stereocenters. The Morgan fingerprint density at radius 2 is 1.57 bits per heavy atom. The molecule has 0 rings (SSSR count). The summed E-state index contributed by atoms with van der Waals surface area (Å²) in [5.74, 6) is -0.261. The molecule has 0 N–H and O–H groups in total. The van der Waals surface area contributed by atoms with Crippen LogP contribution in [0.5, 0.6) is 0 Å². The average Bonchev–Trinajstić information content (AvgIpc) is 2.53. The number of ether oxygens (including phenoxy) is 1. The Hall–Kier alpha value is -0.830. The quantitative estimate of drug-likeness (QED) is 0.231. The van der Waals surface area contributed by atoms with E-state index in [1.807, 2.05) is 0 Å².